The number of urea groups is 1. The summed E-state index contributed by atoms with van der Waals surface area (Å²) in [5.74, 6) is -0.821. The summed E-state index contributed by atoms with van der Waals surface area (Å²) >= 11 is 6.33. The zero-order valence-corrected chi connectivity index (χ0v) is 17.8. The van der Waals surface area contributed by atoms with Gasteiger partial charge < -0.3 is 20.1 Å². The van der Waals surface area contributed by atoms with Crippen LogP contribution in [0, 0.1) is 5.92 Å². The third-order valence-electron chi connectivity index (χ3n) is 5.36. The van der Waals surface area contributed by atoms with E-state index >= 15 is 0 Å². The minimum atomic E-state index is -0.716. The predicted octanol–water partition coefficient (Wildman–Crippen LogP) is 2.40. The number of nitrogens with one attached hydrogen (secondary N) is 2. The number of halogens is 1. The summed E-state index contributed by atoms with van der Waals surface area (Å²) < 4.78 is 10.1. The monoisotopic (exact) mass is 435 g/mol. The molecule has 0 unspecified atom stereocenters. The molecule has 0 saturated carbocycles. The van der Waals surface area contributed by atoms with Crippen molar-refractivity contribution in [2.75, 3.05) is 33.4 Å². The van der Waals surface area contributed by atoms with E-state index in [2.05, 4.69) is 15.5 Å². The Morgan fingerprint density at radius 1 is 1.23 bits per heavy atom. The fourth-order valence-corrected chi connectivity index (χ4v) is 4.09. The fraction of sp³-hybridized carbons (Fsp3) is 0.476. The van der Waals surface area contributed by atoms with Crippen molar-refractivity contribution in [2.24, 2.45) is 5.92 Å². The number of carbonyl (C=O) groups excluding carboxylic acids is 3. The minimum Gasteiger partial charge on any atom is -0.466 e. The molecular formula is C21H26ClN3O5. The summed E-state index contributed by atoms with van der Waals surface area (Å²) in [5, 5.41) is 5.97. The van der Waals surface area contributed by atoms with Gasteiger partial charge >= 0.3 is 18.0 Å². The normalized spacial score (nSPS) is 20.4. The molecule has 0 spiro atoms. The number of rotatable bonds is 6. The minimum absolute atomic E-state index is 0.117. The number of hydrogen-bond donors (Lipinski definition) is 2. The van der Waals surface area contributed by atoms with Crippen LogP contribution >= 0.6 is 11.6 Å². The van der Waals surface area contributed by atoms with Crippen molar-refractivity contribution in [1.29, 1.82) is 0 Å². The molecule has 2 heterocycles. The highest BCUT2D eigenvalue weighted by Crippen LogP contribution is 2.32. The van der Waals surface area contributed by atoms with Crippen LogP contribution in [-0.2, 0) is 19.1 Å². The van der Waals surface area contributed by atoms with E-state index in [4.69, 9.17) is 21.1 Å². The number of esters is 2. The molecule has 0 aromatic heterocycles. The largest absolute Gasteiger partial charge is 0.466 e. The molecule has 0 aliphatic carbocycles. The van der Waals surface area contributed by atoms with Crippen LogP contribution in [0.15, 0.2) is 35.5 Å². The van der Waals surface area contributed by atoms with E-state index in [1.807, 2.05) is 0 Å². The van der Waals surface area contributed by atoms with Crippen LogP contribution in [0.25, 0.3) is 0 Å². The number of benzene rings is 1. The predicted molar refractivity (Wildman–Crippen MR) is 111 cm³/mol. The first kappa shape index (κ1) is 22.1. The molecule has 1 aromatic rings. The molecule has 0 radical (unpaired) electrons. The van der Waals surface area contributed by atoms with Gasteiger partial charge in [-0.05, 0) is 44.5 Å². The molecule has 1 fully saturated rings. The lowest BCUT2D eigenvalue weighted by atomic mass is 9.93. The maximum atomic E-state index is 12.6. The molecule has 0 bridgehead atoms. The summed E-state index contributed by atoms with van der Waals surface area (Å²) in [4.78, 5) is 39.0. The van der Waals surface area contributed by atoms with Crippen LogP contribution in [-0.4, -0.2) is 56.2 Å². The molecule has 2 N–H and O–H groups in total. The zero-order chi connectivity index (χ0) is 21.7. The maximum Gasteiger partial charge on any atom is 0.338 e. The average molecular weight is 436 g/mol. The highest BCUT2D eigenvalue weighted by molar-refractivity contribution is 6.31. The Labute approximate surface area is 180 Å². The van der Waals surface area contributed by atoms with Crippen LogP contribution in [0.1, 0.15) is 31.4 Å². The fourth-order valence-electron chi connectivity index (χ4n) is 3.85. The summed E-state index contributed by atoms with van der Waals surface area (Å²) in [6.45, 7) is 3.83. The van der Waals surface area contributed by atoms with E-state index in [-0.39, 0.29) is 11.9 Å². The van der Waals surface area contributed by atoms with Gasteiger partial charge in [-0.3, -0.25) is 9.69 Å². The van der Waals surface area contributed by atoms with E-state index < -0.39 is 18.0 Å². The number of hydrogen-bond acceptors (Lipinski definition) is 6. The molecule has 2 amide bonds. The van der Waals surface area contributed by atoms with E-state index in [0.717, 1.165) is 0 Å². The van der Waals surface area contributed by atoms with E-state index in [0.29, 0.717) is 60.9 Å². The van der Waals surface area contributed by atoms with Crippen LogP contribution in [0.3, 0.4) is 0 Å². The van der Waals surface area contributed by atoms with Crippen molar-refractivity contribution in [3.63, 3.8) is 0 Å². The van der Waals surface area contributed by atoms with Crippen molar-refractivity contribution in [3.8, 4) is 0 Å². The molecule has 2 aliphatic heterocycles. The second-order valence-corrected chi connectivity index (χ2v) is 7.65. The number of amides is 2. The van der Waals surface area contributed by atoms with Gasteiger partial charge in [0.1, 0.15) is 0 Å². The van der Waals surface area contributed by atoms with E-state index in [1.165, 1.54) is 7.11 Å². The maximum absolute atomic E-state index is 12.6. The molecule has 1 saturated heterocycles. The standard InChI is InChI=1S/C21H26ClN3O5/c1-3-30-19(26)13-8-10-25(11-9-13)12-16-17(20(27)29-2)18(24-21(28)23-16)14-6-4-5-7-15(14)22/h4-7,13,18H,3,8-12H2,1-2H3,(H2,23,24,28)/t18-/m0/s1. The van der Waals surface area contributed by atoms with Crippen molar-refractivity contribution in [2.45, 2.75) is 25.8 Å². The lowest BCUT2D eigenvalue weighted by Gasteiger charge is -2.35. The third kappa shape index (κ3) is 4.94. The Kier molecular flexibility index (Phi) is 7.33. The lowest BCUT2D eigenvalue weighted by Crippen LogP contribution is -2.49. The summed E-state index contributed by atoms with van der Waals surface area (Å²) in [7, 11) is 1.30. The quantitative estimate of drug-likeness (QED) is 0.666. The van der Waals surface area contributed by atoms with Crippen LogP contribution in [0.2, 0.25) is 5.02 Å². The van der Waals surface area contributed by atoms with E-state index in [9.17, 15) is 14.4 Å². The van der Waals surface area contributed by atoms with Gasteiger partial charge in [0.2, 0.25) is 0 Å². The number of likely N-dealkylation sites (tertiary alicyclic amines) is 1. The Balaban J connectivity index is 1.83. The van der Waals surface area contributed by atoms with Gasteiger partial charge in [0.15, 0.2) is 0 Å². The van der Waals surface area contributed by atoms with Gasteiger partial charge in [-0.2, -0.15) is 0 Å². The van der Waals surface area contributed by atoms with Gasteiger partial charge in [0, 0.05) is 17.3 Å². The summed E-state index contributed by atoms with van der Waals surface area (Å²) in [5.41, 5.74) is 1.41. The van der Waals surface area contributed by atoms with Gasteiger partial charge in [-0.15, -0.1) is 0 Å². The second kappa shape index (κ2) is 9.95. The number of methoxy groups -OCH3 is 1. The Bertz CT molecular complexity index is 849. The molecular weight excluding hydrogens is 410 g/mol. The van der Waals surface area contributed by atoms with Crippen molar-refractivity contribution in [3.05, 3.63) is 46.1 Å². The Hall–Kier alpha value is -2.58. The molecule has 30 heavy (non-hydrogen) atoms. The molecule has 9 heteroatoms. The topological polar surface area (TPSA) is 97.0 Å². The lowest BCUT2D eigenvalue weighted by molar-refractivity contribution is -0.149. The average Bonchev–Trinajstić information content (AvgIpc) is 2.74. The summed E-state index contributed by atoms with van der Waals surface area (Å²) in [6, 6.07) is 5.93. The van der Waals surface area contributed by atoms with Gasteiger partial charge in [-0.25, -0.2) is 9.59 Å². The number of carbonyl (C=O) groups is 3. The first-order chi connectivity index (χ1) is 14.4. The van der Waals surface area contributed by atoms with Crippen molar-refractivity contribution >= 4 is 29.6 Å². The van der Waals surface area contributed by atoms with Crippen molar-refractivity contribution in [1.82, 2.24) is 15.5 Å². The van der Waals surface area contributed by atoms with Crippen molar-refractivity contribution < 1.29 is 23.9 Å². The third-order valence-corrected chi connectivity index (χ3v) is 5.71. The highest BCUT2D eigenvalue weighted by Gasteiger charge is 2.35. The Morgan fingerprint density at radius 3 is 2.57 bits per heavy atom. The van der Waals surface area contributed by atoms with E-state index in [1.54, 1.807) is 31.2 Å². The smallest absolute Gasteiger partial charge is 0.338 e. The Morgan fingerprint density at radius 2 is 1.93 bits per heavy atom. The number of piperidine rings is 1. The van der Waals surface area contributed by atoms with Gasteiger partial charge in [0.25, 0.3) is 0 Å². The number of nitrogens with zero attached hydrogens (tertiary/aromatic N) is 1. The first-order valence-corrected chi connectivity index (χ1v) is 10.3. The first-order valence-electron chi connectivity index (χ1n) is 9.96. The molecule has 1 atom stereocenters. The molecule has 1 aromatic carbocycles. The van der Waals surface area contributed by atoms with Gasteiger partial charge in [-0.1, -0.05) is 29.8 Å². The van der Waals surface area contributed by atoms with Gasteiger partial charge in [0.05, 0.1) is 31.2 Å². The summed E-state index contributed by atoms with van der Waals surface area (Å²) in [6.07, 6.45) is 1.33. The van der Waals surface area contributed by atoms with Crippen LogP contribution < -0.4 is 10.6 Å². The van der Waals surface area contributed by atoms with Crippen LogP contribution in [0.4, 0.5) is 4.79 Å². The molecule has 162 valence electrons. The molecule has 3 rings (SSSR count). The zero-order valence-electron chi connectivity index (χ0n) is 17.1. The molecule has 8 nitrogen and oxygen atoms in total. The van der Waals surface area contributed by atoms with Crippen LogP contribution in [0.5, 0.6) is 0 Å². The second-order valence-electron chi connectivity index (χ2n) is 7.24. The molecule has 2 aliphatic rings. The SMILES string of the molecule is CCOC(=O)C1CCN(CC2=C(C(=O)OC)[C@H](c3ccccc3Cl)NC(=O)N2)CC1. The number of ether oxygens (including phenoxy) is 2. The highest BCUT2D eigenvalue weighted by atomic mass is 35.5.